The summed E-state index contributed by atoms with van der Waals surface area (Å²) < 4.78 is 22.0. The van der Waals surface area contributed by atoms with Gasteiger partial charge in [0.2, 0.25) is 5.91 Å². The smallest absolute Gasteiger partial charge is 0.270 e. The third-order valence-corrected chi connectivity index (χ3v) is 7.01. The van der Waals surface area contributed by atoms with Crippen molar-refractivity contribution in [1.29, 1.82) is 0 Å². The van der Waals surface area contributed by atoms with Gasteiger partial charge in [0.05, 0.1) is 11.3 Å². The highest BCUT2D eigenvalue weighted by Gasteiger charge is 2.33. The Morgan fingerprint density at radius 1 is 0.951 bits per heavy atom. The standard InChI is InChI=1S/C32H30FN5O3/c1-4-38-27(17-18-34-38)31(39)36-30(29(22-11-7-5-8-12-22)23-13-9-6-10-14-23)32(40)35-24-15-16-25(26(33)19-24)28-20(2)37-41-21(28)3/h5-19,29-30H,4H2,1-3H3,(H,35,40)(H,36,39). The van der Waals surface area contributed by atoms with Crippen LogP contribution in [0.2, 0.25) is 0 Å². The summed E-state index contributed by atoms with van der Waals surface area (Å²) in [5.41, 5.74) is 3.72. The fourth-order valence-electron chi connectivity index (χ4n) is 5.07. The average molecular weight is 552 g/mol. The highest BCUT2D eigenvalue weighted by Crippen LogP contribution is 2.32. The molecule has 0 aliphatic rings. The summed E-state index contributed by atoms with van der Waals surface area (Å²) >= 11 is 0. The summed E-state index contributed by atoms with van der Waals surface area (Å²) in [5.74, 6) is -1.51. The Labute approximate surface area is 237 Å². The van der Waals surface area contributed by atoms with Crippen molar-refractivity contribution >= 4 is 17.5 Å². The molecule has 0 aliphatic carbocycles. The van der Waals surface area contributed by atoms with Crippen molar-refractivity contribution in [3.63, 3.8) is 0 Å². The van der Waals surface area contributed by atoms with E-state index in [2.05, 4.69) is 20.9 Å². The van der Waals surface area contributed by atoms with Crippen LogP contribution in [0.25, 0.3) is 11.1 Å². The van der Waals surface area contributed by atoms with E-state index in [9.17, 15) is 9.59 Å². The van der Waals surface area contributed by atoms with Crippen LogP contribution in [0.5, 0.6) is 0 Å². The number of benzene rings is 3. The van der Waals surface area contributed by atoms with E-state index >= 15 is 4.39 Å². The predicted molar refractivity (Wildman–Crippen MR) is 154 cm³/mol. The molecule has 0 bridgehead atoms. The number of nitrogens with one attached hydrogen (secondary N) is 2. The summed E-state index contributed by atoms with van der Waals surface area (Å²) in [4.78, 5) is 27.5. The van der Waals surface area contributed by atoms with Crippen LogP contribution < -0.4 is 10.6 Å². The second-order valence-corrected chi connectivity index (χ2v) is 9.67. The molecular formula is C32H30FN5O3. The Morgan fingerprint density at radius 3 is 2.17 bits per heavy atom. The van der Waals surface area contributed by atoms with Crippen LogP contribution in [0.15, 0.2) is 95.6 Å². The lowest BCUT2D eigenvalue weighted by atomic mass is 9.84. The molecule has 0 saturated carbocycles. The minimum atomic E-state index is -1.04. The summed E-state index contributed by atoms with van der Waals surface area (Å²) in [7, 11) is 0. The van der Waals surface area contributed by atoms with Crippen molar-refractivity contribution in [3.8, 4) is 11.1 Å². The van der Waals surface area contributed by atoms with Crippen LogP contribution in [-0.4, -0.2) is 32.8 Å². The summed E-state index contributed by atoms with van der Waals surface area (Å²) in [5, 5.41) is 13.9. The molecule has 1 unspecified atom stereocenters. The third kappa shape index (κ3) is 5.79. The van der Waals surface area contributed by atoms with Gasteiger partial charge in [-0.05, 0) is 56.2 Å². The molecular weight excluding hydrogens is 521 g/mol. The first kappa shape index (κ1) is 27.5. The molecule has 5 aromatic rings. The van der Waals surface area contributed by atoms with Crippen molar-refractivity contribution in [2.24, 2.45) is 0 Å². The van der Waals surface area contributed by atoms with Gasteiger partial charge in [-0.25, -0.2) is 4.39 Å². The normalized spacial score (nSPS) is 11.8. The molecule has 0 spiro atoms. The van der Waals surface area contributed by atoms with Crippen LogP contribution in [0.4, 0.5) is 10.1 Å². The maximum Gasteiger partial charge on any atom is 0.270 e. The molecule has 1 atom stereocenters. The number of carbonyl (C=O) groups excluding carboxylic acids is 2. The molecule has 0 radical (unpaired) electrons. The number of halogens is 1. The molecule has 0 saturated heterocycles. The number of amides is 2. The molecule has 41 heavy (non-hydrogen) atoms. The van der Waals surface area contributed by atoms with Gasteiger partial charge in [0, 0.05) is 29.9 Å². The Bertz CT molecular complexity index is 1600. The first-order valence-corrected chi connectivity index (χ1v) is 13.3. The molecule has 2 heterocycles. The van der Waals surface area contributed by atoms with Gasteiger partial charge in [0.15, 0.2) is 0 Å². The van der Waals surface area contributed by atoms with Crippen LogP contribution in [-0.2, 0) is 11.3 Å². The molecule has 3 aromatic carbocycles. The zero-order valence-electron chi connectivity index (χ0n) is 23.0. The molecule has 2 amide bonds. The highest BCUT2D eigenvalue weighted by atomic mass is 19.1. The van der Waals surface area contributed by atoms with E-state index in [0.29, 0.717) is 34.8 Å². The monoisotopic (exact) mass is 551 g/mol. The van der Waals surface area contributed by atoms with Crippen molar-refractivity contribution in [3.05, 3.63) is 125 Å². The summed E-state index contributed by atoms with van der Waals surface area (Å²) in [6.45, 7) is 5.83. The molecule has 9 heteroatoms. The van der Waals surface area contributed by atoms with Crippen LogP contribution in [0.3, 0.4) is 0 Å². The molecule has 2 N–H and O–H groups in total. The van der Waals surface area contributed by atoms with E-state index < -0.39 is 29.6 Å². The van der Waals surface area contributed by atoms with E-state index in [4.69, 9.17) is 4.52 Å². The lowest BCUT2D eigenvalue weighted by Gasteiger charge is -2.28. The van der Waals surface area contributed by atoms with Crippen molar-refractivity contribution in [2.45, 2.75) is 39.3 Å². The fourth-order valence-corrected chi connectivity index (χ4v) is 5.07. The van der Waals surface area contributed by atoms with Gasteiger partial charge in [0.1, 0.15) is 23.3 Å². The second-order valence-electron chi connectivity index (χ2n) is 9.67. The Morgan fingerprint density at radius 2 is 1.61 bits per heavy atom. The quantitative estimate of drug-likeness (QED) is 0.238. The van der Waals surface area contributed by atoms with Crippen LogP contribution in [0.1, 0.15) is 45.9 Å². The van der Waals surface area contributed by atoms with Gasteiger partial charge < -0.3 is 15.2 Å². The summed E-state index contributed by atoms with van der Waals surface area (Å²) in [6.07, 6.45) is 1.54. The zero-order valence-corrected chi connectivity index (χ0v) is 23.0. The molecule has 208 valence electrons. The maximum absolute atomic E-state index is 15.3. The first-order chi connectivity index (χ1) is 19.9. The SMILES string of the molecule is CCn1nccc1C(=O)NC(C(=O)Nc1ccc(-c2c(C)noc2C)c(F)c1)C(c1ccccc1)c1ccccc1. The van der Waals surface area contributed by atoms with E-state index in [1.54, 1.807) is 42.9 Å². The molecule has 5 rings (SSSR count). The van der Waals surface area contributed by atoms with Gasteiger partial charge in [-0.3, -0.25) is 14.3 Å². The topological polar surface area (TPSA) is 102 Å². The number of rotatable bonds is 9. The molecule has 8 nitrogen and oxygen atoms in total. The number of anilines is 1. The second kappa shape index (κ2) is 12.0. The summed E-state index contributed by atoms with van der Waals surface area (Å²) in [6, 6.07) is 24.0. The van der Waals surface area contributed by atoms with Crippen molar-refractivity contribution in [2.75, 3.05) is 5.32 Å². The van der Waals surface area contributed by atoms with Gasteiger partial charge in [-0.15, -0.1) is 0 Å². The minimum Gasteiger partial charge on any atom is -0.361 e. The largest absolute Gasteiger partial charge is 0.361 e. The van der Waals surface area contributed by atoms with E-state index in [-0.39, 0.29) is 5.69 Å². The number of nitrogens with zero attached hydrogens (tertiary/aromatic N) is 3. The van der Waals surface area contributed by atoms with E-state index in [1.165, 1.54) is 6.07 Å². The highest BCUT2D eigenvalue weighted by molar-refractivity contribution is 6.01. The number of hydrogen-bond donors (Lipinski definition) is 2. The Hall–Kier alpha value is -5.05. The van der Waals surface area contributed by atoms with Gasteiger partial charge >= 0.3 is 0 Å². The minimum absolute atomic E-state index is 0.251. The van der Waals surface area contributed by atoms with Gasteiger partial charge in [0.25, 0.3) is 5.91 Å². The first-order valence-electron chi connectivity index (χ1n) is 13.3. The van der Waals surface area contributed by atoms with Crippen molar-refractivity contribution < 1.29 is 18.5 Å². The molecule has 0 fully saturated rings. The molecule has 2 aromatic heterocycles. The average Bonchev–Trinajstić information content (AvgIpc) is 3.60. The van der Waals surface area contributed by atoms with Crippen LogP contribution in [0, 0.1) is 19.7 Å². The maximum atomic E-state index is 15.3. The third-order valence-electron chi connectivity index (χ3n) is 7.01. The number of aryl methyl sites for hydroxylation is 3. The van der Waals surface area contributed by atoms with Gasteiger partial charge in [-0.2, -0.15) is 5.10 Å². The number of carbonyl (C=O) groups is 2. The lowest BCUT2D eigenvalue weighted by Crippen LogP contribution is -2.48. The Balaban J connectivity index is 1.52. The van der Waals surface area contributed by atoms with Crippen LogP contribution >= 0.6 is 0 Å². The number of aromatic nitrogens is 3. The van der Waals surface area contributed by atoms with E-state index in [0.717, 1.165) is 11.1 Å². The number of hydrogen-bond acceptors (Lipinski definition) is 5. The molecule has 0 aliphatic heterocycles. The fraction of sp³-hybridized carbons (Fsp3) is 0.188. The predicted octanol–water partition coefficient (Wildman–Crippen LogP) is 5.88. The van der Waals surface area contributed by atoms with Crippen molar-refractivity contribution in [1.82, 2.24) is 20.3 Å². The zero-order chi connectivity index (χ0) is 28.9. The van der Waals surface area contributed by atoms with E-state index in [1.807, 2.05) is 67.6 Å². The Kier molecular flexibility index (Phi) is 8.05. The lowest BCUT2D eigenvalue weighted by molar-refractivity contribution is -0.118. The van der Waals surface area contributed by atoms with Gasteiger partial charge in [-0.1, -0.05) is 65.8 Å².